The van der Waals surface area contributed by atoms with E-state index in [9.17, 15) is 9.18 Å². The SMILES string of the molecule is Cn1c(C(C)(C)C(=O)O)nc2c(F)cccc21. The summed E-state index contributed by atoms with van der Waals surface area (Å²) in [6.45, 7) is 3.10. The molecular weight excluding hydrogens is 223 g/mol. The van der Waals surface area contributed by atoms with E-state index in [-0.39, 0.29) is 5.52 Å². The van der Waals surface area contributed by atoms with Gasteiger partial charge < -0.3 is 9.67 Å². The van der Waals surface area contributed by atoms with Crippen LogP contribution in [-0.2, 0) is 17.3 Å². The monoisotopic (exact) mass is 236 g/mol. The summed E-state index contributed by atoms with van der Waals surface area (Å²) in [6.07, 6.45) is 0. The molecule has 0 saturated carbocycles. The molecule has 0 radical (unpaired) electrons. The third-order valence-electron chi connectivity index (χ3n) is 2.96. The summed E-state index contributed by atoms with van der Waals surface area (Å²) in [4.78, 5) is 15.3. The van der Waals surface area contributed by atoms with Crippen molar-refractivity contribution in [3.8, 4) is 0 Å². The molecule has 4 nitrogen and oxygen atoms in total. The highest BCUT2D eigenvalue weighted by Gasteiger charge is 2.34. The first-order valence-electron chi connectivity index (χ1n) is 5.20. The molecular formula is C12H13FN2O2. The molecule has 0 spiro atoms. The van der Waals surface area contributed by atoms with Crippen LogP contribution in [0.25, 0.3) is 11.0 Å². The molecule has 0 unspecified atom stereocenters. The molecule has 0 aliphatic rings. The van der Waals surface area contributed by atoms with Crippen LogP contribution >= 0.6 is 0 Å². The second kappa shape index (κ2) is 3.55. The molecule has 1 aromatic heterocycles. The molecule has 1 heterocycles. The van der Waals surface area contributed by atoms with Gasteiger partial charge in [-0.05, 0) is 26.0 Å². The maximum absolute atomic E-state index is 13.5. The van der Waals surface area contributed by atoms with Crippen LogP contribution in [-0.4, -0.2) is 20.6 Å². The van der Waals surface area contributed by atoms with Gasteiger partial charge in [-0.1, -0.05) is 6.07 Å². The molecule has 0 bridgehead atoms. The molecule has 5 heteroatoms. The van der Waals surface area contributed by atoms with E-state index in [2.05, 4.69) is 4.98 Å². The number of benzene rings is 1. The first kappa shape index (κ1) is 11.6. The van der Waals surface area contributed by atoms with Crippen LogP contribution in [0.5, 0.6) is 0 Å². The Morgan fingerprint density at radius 3 is 2.65 bits per heavy atom. The molecule has 0 saturated heterocycles. The number of carboxylic acids is 1. The molecule has 17 heavy (non-hydrogen) atoms. The van der Waals surface area contributed by atoms with Crippen molar-refractivity contribution in [3.63, 3.8) is 0 Å². The highest BCUT2D eigenvalue weighted by Crippen LogP contribution is 2.27. The van der Waals surface area contributed by atoms with Crippen LogP contribution in [0.1, 0.15) is 19.7 Å². The summed E-state index contributed by atoms with van der Waals surface area (Å²) in [6, 6.07) is 4.61. The van der Waals surface area contributed by atoms with Gasteiger partial charge in [0.15, 0.2) is 5.82 Å². The quantitative estimate of drug-likeness (QED) is 0.868. The Morgan fingerprint density at radius 1 is 1.47 bits per heavy atom. The normalized spacial score (nSPS) is 12.0. The zero-order chi connectivity index (χ0) is 12.8. The average Bonchev–Trinajstić information content (AvgIpc) is 2.58. The minimum atomic E-state index is -1.15. The van der Waals surface area contributed by atoms with Crippen LogP contribution in [0.3, 0.4) is 0 Å². The Bertz CT molecular complexity index is 602. The summed E-state index contributed by atoms with van der Waals surface area (Å²) >= 11 is 0. The van der Waals surface area contributed by atoms with Crippen LogP contribution in [0.15, 0.2) is 18.2 Å². The minimum absolute atomic E-state index is 0.208. The number of rotatable bonds is 2. The van der Waals surface area contributed by atoms with Crippen molar-refractivity contribution in [3.05, 3.63) is 29.8 Å². The first-order chi connectivity index (χ1) is 7.85. The Labute approximate surface area is 97.7 Å². The van der Waals surface area contributed by atoms with Crippen molar-refractivity contribution < 1.29 is 14.3 Å². The van der Waals surface area contributed by atoms with Crippen LogP contribution in [0.4, 0.5) is 4.39 Å². The van der Waals surface area contributed by atoms with E-state index < -0.39 is 17.2 Å². The fraction of sp³-hybridized carbons (Fsp3) is 0.333. The average molecular weight is 236 g/mol. The van der Waals surface area contributed by atoms with E-state index >= 15 is 0 Å². The lowest BCUT2D eigenvalue weighted by Crippen LogP contribution is -2.31. The minimum Gasteiger partial charge on any atom is -0.481 e. The summed E-state index contributed by atoms with van der Waals surface area (Å²) < 4.78 is 15.2. The highest BCUT2D eigenvalue weighted by molar-refractivity contribution is 5.83. The Balaban J connectivity index is 2.77. The standard InChI is InChI=1S/C12H13FN2O2/c1-12(2,11(16)17)10-14-9-7(13)5-4-6-8(9)15(10)3/h4-6H,1-3H3,(H,16,17). The van der Waals surface area contributed by atoms with Gasteiger partial charge in [0.05, 0.1) is 5.52 Å². The molecule has 90 valence electrons. The Hall–Kier alpha value is -1.91. The number of hydrogen-bond donors (Lipinski definition) is 1. The second-order valence-electron chi connectivity index (χ2n) is 4.53. The van der Waals surface area contributed by atoms with Crippen molar-refractivity contribution >= 4 is 17.0 Å². The molecule has 0 fully saturated rings. The smallest absolute Gasteiger partial charge is 0.316 e. The Morgan fingerprint density at radius 2 is 2.12 bits per heavy atom. The number of carboxylic acid groups (broad SMARTS) is 1. The van der Waals surface area contributed by atoms with Gasteiger partial charge in [0.2, 0.25) is 0 Å². The molecule has 2 aromatic rings. The third-order valence-corrected chi connectivity index (χ3v) is 2.96. The number of fused-ring (bicyclic) bond motifs is 1. The number of halogens is 1. The van der Waals surface area contributed by atoms with E-state index in [0.29, 0.717) is 11.3 Å². The van der Waals surface area contributed by atoms with Gasteiger partial charge >= 0.3 is 5.97 Å². The molecule has 0 aliphatic carbocycles. The van der Waals surface area contributed by atoms with Crippen LogP contribution in [0, 0.1) is 5.82 Å². The van der Waals surface area contributed by atoms with Crippen molar-refractivity contribution in [2.45, 2.75) is 19.3 Å². The first-order valence-corrected chi connectivity index (χ1v) is 5.20. The predicted octanol–water partition coefficient (Wildman–Crippen LogP) is 2.07. The maximum Gasteiger partial charge on any atom is 0.316 e. The number of aromatic nitrogens is 2. The number of aryl methyl sites for hydroxylation is 1. The van der Waals surface area contributed by atoms with Gasteiger partial charge in [-0.15, -0.1) is 0 Å². The van der Waals surface area contributed by atoms with E-state index in [1.54, 1.807) is 37.6 Å². The summed E-state index contributed by atoms with van der Waals surface area (Å²) in [5.74, 6) is -1.09. The van der Waals surface area contributed by atoms with Gasteiger partial charge in [0, 0.05) is 7.05 Å². The van der Waals surface area contributed by atoms with Gasteiger partial charge in [-0.2, -0.15) is 0 Å². The number of imidazole rings is 1. The zero-order valence-corrected chi connectivity index (χ0v) is 9.86. The predicted molar refractivity (Wildman–Crippen MR) is 61.3 cm³/mol. The topological polar surface area (TPSA) is 55.1 Å². The molecule has 0 atom stereocenters. The van der Waals surface area contributed by atoms with E-state index in [0.717, 1.165) is 0 Å². The van der Waals surface area contributed by atoms with Crippen molar-refractivity contribution in [2.75, 3.05) is 0 Å². The largest absolute Gasteiger partial charge is 0.481 e. The lowest BCUT2D eigenvalue weighted by atomic mass is 9.93. The highest BCUT2D eigenvalue weighted by atomic mass is 19.1. The van der Waals surface area contributed by atoms with Gasteiger partial charge in [-0.25, -0.2) is 9.37 Å². The Kier molecular flexibility index (Phi) is 2.41. The summed E-state index contributed by atoms with van der Waals surface area (Å²) in [5, 5.41) is 9.17. The lowest BCUT2D eigenvalue weighted by Gasteiger charge is -2.18. The van der Waals surface area contributed by atoms with E-state index in [1.165, 1.54) is 6.07 Å². The van der Waals surface area contributed by atoms with Crippen LogP contribution in [0.2, 0.25) is 0 Å². The van der Waals surface area contributed by atoms with Crippen molar-refractivity contribution in [2.24, 2.45) is 7.05 Å². The fourth-order valence-corrected chi connectivity index (χ4v) is 1.83. The summed E-state index contributed by atoms with van der Waals surface area (Å²) in [7, 11) is 1.69. The number of carbonyl (C=O) groups is 1. The number of hydrogen-bond acceptors (Lipinski definition) is 2. The van der Waals surface area contributed by atoms with E-state index in [1.807, 2.05) is 0 Å². The van der Waals surface area contributed by atoms with Crippen LogP contribution < -0.4 is 0 Å². The molecule has 0 aliphatic heterocycles. The second-order valence-corrected chi connectivity index (χ2v) is 4.53. The number of para-hydroxylation sites is 1. The fourth-order valence-electron chi connectivity index (χ4n) is 1.83. The lowest BCUT2D eigenvalue weighted by molar-refractivity contribution is -0.142. The third kappa shape index (κ3) is 1.58. The molecule has 2 rings (SSSR count). The number of aliphatic carboxylic acids is 1. The molecule has 1 N–H and O–H groups in total. The van der Waals surface area contributed by atoms with Crippen molar-refractivity contribution in [1.82, 2.24) is 9.55 Å². The zero-order valence-electron chi connectivity index (χ0n) is 9.86. The summed E-state index contributed by atoms with van der Waals surface area (Å²) in [5.41, 5.74) is -0.353. The van der Waals surface area contributed by atoms with Crippen molar-refractivity contribution in [1.29, 1.82) is 0 Å². The number of nitrogens with zero attached hydrogens (tertiary/aromatic N) is 2. The van der Waals surface area contributed by atoms with Gasteiger partial charge in [0.1, 0.15) is 16.8 Å². The van der Waals surface area contributed by atoms with Gasteiger partial charge in [-0.3, -0.25) is 4.79 Å². The molecule has 0 amide bonds. The molecule has 1 aromatic carbocycles. The van der Waals surface area contributed by atoms with E-state index in [4.69, 9.17) is 5.11 Å². The maximum atomic E-state index is 13.5. The van der Waals surface area contributed by atoms with Gasteiger partial charge in [0.25, 0.3) is 0 Å².